The van der Waals surface area contributed by atoms with Crippen LogP contribution in [-0.4, -0.2) is 73.1 Å². The molecule has 2 amide bonds. The Morgan fingerprint density at radius 2 is 1.70 bits per heavy atom. The van der Waals surface area contributed by atoms with E-state index in [-0.39, 0.29) is 36.0 Å². The van der Waals surface area contributed by atoms with Crippen LogP contribution in [0.2, 0.25) is 0 Å². The van der Waals surface area contributed by atoms with Crippen LogP contribution in [0, 0.1) is 0 Å². The second-order valence-corrected chi connectivity index (χ2v) is 11.8. The number of likely N-dealkylation sites (tertiary alicyclic amines) is 1. The zero-order valence-electron chi connectivity index (χ0n) is 20.0. The zero-order valence-corrected chi connectivity index (χ0v) is 20.9. The fourth-order valence-electron chi connectivity index (χ4n) is 3.65. The van der Waals surface area contributed by atoms with Crippen molar-refractivity contribution < 1.29 is 27.5 Å². The highest BCUT2D eigenvalue weighted by molar-refractivity contribution is 7.99. The minimum absolute atomic E-state index is 0.0252. The molecule has 1 saturated heterocycles. The summed E-state index contributed by atoms with van der Waals surface area (Å²) in [6, 6.07) is 8.59. The molecule has 0 bridgehead atoms. The maximum absolute atomic E-state index is 13.3. The number of sulfonamides is 1. The van der Waals surface area contributed by atoms with Gasteiger partial charge in [-0.15, -0.1) is 0 Å². The Hall–Kier alpha value is -2.59. The maximum Gasteiger partial charge on any atom is 0.410 e. The highest BCUT2D eigenvalue weighted by atomic mass is 32.2. The Morgan fingerprint density at radius 3 is 2.24 bits per heavy atom. The van der Waals surface area contributed by atoms with Gasteiger partial charge in [-0.05, 0) is 47.1 Å². The average Bonchev–Trinajstić information content (AvgIpc) is 2.83. The molecule has 0 saturated carbocycles. The summed E-state index contributed by atoms with van der Waals surface area (Å²) >= 11 is 0. The van der Waals surface area contributed by atoms with Gasteiger partial charge in [0.05, 0.1) is 31.3 Å². The minimum atomic E-state index is -4.01. The van der Waals surface area contributed by atoms with E-state index in [0.717, 1.165) is 4.31 Å². The number of nitrogens with one attached hydrogen (secondary N) is 1. The van der Waals surface area contributed by atoms with Gasteiger partial charge in [-0.1, -0.05) is 30.3 Å². The minimum Gasteiger partial charge on any atom is -0.444 e. The summed E-state index contributed by atoms with van der Waals surface area (Å²) in [6.45, 7) is 11.8. The van der Waals surface area contributed by atoms with E-state index < -0.39 is 27.1 Å². The Kier molecular flexibility index (Phi) is 6.82. The molecule has 0 aliphatic carbocycles. The van der Waals surface area contributed by atoms with Crippen molar-refractivity contribution in [1.29, 1.82) is 0 Å². The van der Waals surface area contributed by atoms with Gasteiger partial charge in [0.1, 0.15) is 16.2 Å². The Morgan fingerprint density at radius 1 is 1.09 bits per heavy atom. The molecule has 2 heterocycles. The first-order valence-electron chi connectivity index (χ1n) is 10.9. The molecule has 9 nitrogen and oxygen atoms in total. The Labute approximate surface area is 195 Å². The van der Waals surface area contributed by atoms with E-state index in [9.17, 15) is 18.0 Å². The summed E-state index contributed by atoms with van der Waals surface area (Å²) in [5.74, 6) is -0.582. The third-order valence-corrected chi connectivity index (χ3v) is 7.18. The summed E-state index contributed by atoms with van der Waals surface area (Å²) in [6.07, 6.45) is -0.502. The van der Waals surface area contributed by atoms with E-state index in [2.05, 4.69) is 5.32 Å². The molecule has 1 N–H and O–H groups in total. The topological polar surface area (TPSA) is 105 Å². The van der Waals surface area contributed by atoms with Crippen molar-refractivity contribution in [3.8, 4) is 0 Å². The van der Waals surface area contributed by atoms with Gasteiger partial charge in [-0.2, -0.15) is 0 Å². The number of benzene rings is 1. The quantitative estimate of drug-likeness (QED) is 0.625. The maximum atomic E-state index is 13.3. The summed E-state index contributed by atoms with van der Waals surface area (Å²) in [5.41, 5.74) is -0.962. The normalized spacial score (nSPS) is 19.0. The number of carbonyl (C=O) groups is 2. The Bertz CT molecular complexity index is 1030. The second-order valence-electron chi connectivity index (χ2n) is 10.1. The molecule has 0 atom stereocenters. The van der Waals surface area contributed by atoms with Crippen LogP contribution in [0.3, 0.4) is 0 Å². The molecule has 1 aromatic rings. The summed E-state index contributed by atoms with van der Waals surface area (Å²) < 4.78 is 38.6. The number of rotatable bonds is 6. The molecule has 0 radical (unpaired) electrons. The van der Waals surface area contributed by atoms with E-state index in [1.165, 1.54) is 0 Å². The lowest BCUT2D eigenvalue weighted by molar-refractivity contribution is -0.125. The number of ether oxygens (including phenoxy) is 2. The van der Waals surface area contributed by atoms with E-state index >= 15 is 0 Å². The first-order valence-corrected chi connectivity index (χ1v) is 12.4. The van der Waals surface area contributed by atoms with Gasteiger partial charge in [-0.3, -0.25) is 4.79 Å². The van der Waals surface area contributed by atoms with Crippen LogP contribution in [0.1, 0.15) is 47.1 Å². The van der Waals surface area contributed by atoms with Crippen LogP contribution in [0.5, 0.6) is 0 Å². The van der Waals surface area contributed by atoms with Gasteiger partial charge in [0.25, 0.3) is 15.9 Å². The van der Waals surface area contributed by atoms with Crippen molar-refractivity contribution >= 4 is 26.9 Å². The zero-order chi connectivity index (χ0) is 24.6. The Balaban J connectivity index is 1.63. The smallest absolute Gasteiger partial charge is 0.410 e. The number of hydrogen-bond acceptors (Lipinski definition) is 7. The molecule has 0 unspecified atom stereocenters. The highest BCUT2D eigenvalue weighted by Crippen LogP contribution is 2.38. The van der Waals surface area contributed by atoms with Gasteiger partial charge in [-0.25, -0.2) is 17.5 Å². The van der Waals surface area contributed by atoms with Crippen LogP contribution >= 0.6 is 0 Å². The van der Waals surface area contributed by atoms with Crippen molar-refractivity contribution in [2.75, 3.05) is 26.2 Å². The van der Waals surface area contributed by atoms with E-state index in [0.29, 0.717) is 18.7 Å². The monoisotopic (exact) mass is 479 g/mol. The van der Waals surface area contributed by atoms with Crippen molar-refractivity contribution in [3.63, 3.8) is 0 Å². The second kappa shape index (κ2) is 8.98. The third kappa shape index (κ3) is 5.50. The number of amides is 2. The molecular formula is C23H33N3O6S. The molecule has 0 spiro atoms. The number of carbonyl (C=O) groups excluding carboxylic acids is 2. The van der Waals surface area contributed by atoms with Crippen LogP contribution < -0.4 is 5.32 Å². The highest BCUT2D eigenvalue weighted by Gasteiger charge is 2.49. The fraction of sp³-hybridized carbons (Fsp3) is 0.565. The lowest BCUT2D eigenvalue weighted by atomic mass is 10.1. The molecule has 2 aliphatic rings. The standard InChI is InChI=1S/C23H33N3O6S/c1-22(2,3)26-20(27)18(19(33(26,29)30)16-10-8-7-9-11-16)24-12-13-31-17-14-25(15-17)21(28)32-23(4,5)6/h7-11,17,24H,12-15H2,1-6H3. The molecule has 1 fully saturated rings. The SMILES string of the molecule is CC(C)(C)OC(=O)N1CC(OCCNC2=C(c3ccccc3)S(=O)(=O)N(C(C)(C)C)C2=O)C1. The van der Waals surface area contributed by atoms with Gasteiger partial charge in [0.15, 0.2) is 0 Å². The molecular weight excluding hydrogens is 446 g/mol. The van der Waals surface area contributed by atoms with Crippen LogP contribution in [0.25, 0.3) is 4.91 Å². The van der Waals surface area contributed by atoms with Crippen LogP contribution in [0.4, 0.5) is 4.79 Å². The van der Waals surface area contributed by atoms with E-state index in [4.69, 9.17) is 9.47 Å². The molecule has 182 valence electrons. The number of hydrogen-bond donors (Lipinski definition) is 1. The fourth-order valence-corrected chi connectivity index (χ4v) is 5.72. The van der Waals surface area contributed by atoms with Crippen LogP contribution in [0.15, 0.2) is 36.0 Å². The van der Waals surface area contributed by atoms with E-state index in [1.807, 2.05) is 20.8 Å². The third-order valence-electron chi connectivity index (χ3n) is 5.03. The first-order chi connectivity index (χ1) is 15.2. The summed E-state index contributed by atoms with van der Waals surface area (Å²) in [7, 11) is -4.01. The molecule has 2 aliphatic heterocycles. The predicted molar refractivity (Wildman–Crippen MR) is 124 cm³/mol. The predicted octanol–water partition coefficient (Wildman–Crippen LogP) is 2.55. The van der Waals surface area contributed by atoms with Gasteiger partial charge < -0.3 is 19.7 Å². The molecule has 1 aromatic carbocycles. The van der Waals surface area contributed by atoms with Crippen molar-refractivity contribution in [3.05, 3.63) is 41.6 Å². The lowest BCUT2D eigenvalue weighted by Gasteiger charge is -2.39. The largest absolute Gasteiger partial charge is 0.444 e. The summed E-state index contributed by atoms with van der Waals surface area (Å²) in [4.78, 5) is 26.6. The van der Waals surface area contributed by atoms with Gasteiger partial charge in [0, 0.05) is 6.54 Å². The molecule has 0 aromatic heterocycles. The van der Waals surface area contributed by atoms with Gasteiger partial charge in [0.2, 0.25) is 0 Å². The average molecular weight is 480 g/mol. The molecule has 3 rings (SSSR count). The van der Waals surface area contributed by atoms with E-state index in [1.54, 1.807) is 56.0 Å². The van der Waals surface area contributed by atoms with Gasteiger partial charge >= 0.3 is 6.09 Å². The molecule has 10 heteroatoms. The van der Waals surface area contributed by atoms with Crippen molar-refractivity contribution in [1.82, 2.24) is 14.5 Å². The summed E-state index contributed by atoms with van der Waals surface area (Å²) in [5, 5.41) is 2.99. The number of nitrogens with zero attached hydrogens (tertiary/aromatic N) is 2. The van der Waals surface area contributed by atoms with Crippen molar-refractivity contribution in [2.24, 2.45) is 0 Å². The van der Waals surface area contributed by atoms with Crippen LogP contribution in [-0.2, 0) is 24.3 Å². The van der Waals surface area contributed by atoms with Crippen molar-refractivity contribution in [2.45, 2.75) is 58.8 Å². The molecule has 33 heavy (non-hydrogen) atoms. The lowest BCUT2D eigenvalue weighted by Crippen LogP contribution is -2.56. The first kappa shape index (κ1) is 25.0.